The Morgan fingerprint density at radius 2 is 1.94 bits per heavy atom. The van der Waals surface area contributed by atoms with Gasteiger partial charge in [-0.1, -0.05) is 30.1 Å². The molecule has 1 saturated carbocycles. The molecule has 1 heterocycles. The summed E-state index contributed by atoms with van der Waals surface area (Å²) in [4.78, 5) is 4.34. The largest absolute Gasteiger partial charge is 0.369 e. The Kier molecular flexibility index (Phi) is 2.49. The maximum absolute atomic E-state index is 6.05. The molecular weight excluding hydrogens is 257 g/mol. The lowest BCUT2D eigenvalue weighted by molar-refractivity contribution is 0.223. The third-order valence-corrected chi connectivity index (χ3v) is 4.20. The van der Waals surface area contributed by atoms with Crippen molar-refractivity contribution < 1.29 is 0 Å². The van der Waals surface area contributed by atoms with Crippen LogP contribution in [0.3, 0.4) is 0 Å². The van der Waals surface area contributed by atoms with Crippen LogP contribution in [0.2, 0.25) is 10.0 Å². The van der Waals surface area contributed by atoms with E-state index in [9.17, 15) is 0 Å². The van der Waals surface area contributed by atoms with Gasteiger partial charge in [0.05, 0.1) is 21.1 Å². The van der Waals surface area contributed by atoms with Gasteiger partial charge in [0.15, 0.2) is 0 Å². The Morgan fingerprint density at radius 1 is 1.29 bits per heavy atom. The van der Waals surface area contributed by atoms with E-state index >= 15 is 0 Å². The summed E-state index contributed by atoms with van der Waals surface area (Å²) in [5, 5.41) is 1.07. The molecule has 0 unspecified atom stereocenters. The summed E-state index contributed by atoms with van der Waals surface area (Å²) in [5.41, 5.74) is 7.77. The smallest absolute Gasteiger partial charge is 0.201 e. The number of anilines is 1. The molecule has 90 valence electrons. The van der Waals surface area contributed by atoms with Gasteiger partial charge in [-0.25, -0.2) is 4.98 Å². The van der Waals surface area contributed by atoms with Crippen molar-refractivity contribution in [3.63, 3.8) is 0 Å². The lowest BCUT2D eigenvalue weighted by Gasteiger charge is -2.34. The van der Waals surface area contributed by atoms with Gasteiger partial charge in [0.1, 0.15) is 0 Å². The summed E-state index contributed by atoms with van der Waals surface area (Å²) in [6, 6.07) is 4.08. The van der Waals surface area contributed by atoms with E-state index in [1.54, 1.807) is 6.07 Å². The summed E-state index contributed by atoms with van der Waals surface area (Å²) in [6.45, 7) is 2.25. The van der Waals surface area contributed by atoms with Crippen LogP contribution < -0.4 is 5.73 Å². The number of hydrogen-bond donors (Lipinski definition) is 1. The zero-order chi connectivity index (χ0) is 12.2. The molecule has 0 radical (unpaired) electrons. The number of nitrogens with zero attached hydrogens (tertiary/aromatic N) is 2. The minimum Gasteiger partial charge on any atom is -0.369 e. The van der Waals surface area contributed by atoms with Crippen LogP contribution in [0.15, 0.2) is 12.1 Å². The van der Waals surface area contributed by atoms with Gasteiger partial charge in [-0.3, -0.25) is 0 Å². The zero-order valence-electron chi connectivity index (χ0n) is 9.45. The fourth-order valence-corrected chi connectivity index (χ4v) is 2.88. The van der Waals surface area contributed by atoms with Crippen LogP contribution >= 0.6 is 23.2 Å². The van der Waals surface area contributed by atoms with E-state index in [1.165, 1.54) is 0 Å². The molecule has 0 aliphatic heterocycles. The number of fused-ring (bicyclic) bond motifs is 1. The summed E-state index contributed by atoms with van der Waals surface area (Å²) >= 11 is 12.0. The molecule has 1 aromatic heterocycles. The Labute approximate surface area is 110 Å². The first kappa shape index (κ1) is 11.2. The number of halogens is 2. The topological polar surface area (TPSA) is 43.8 Å². The summed E-state index contributed by atoms with van der Waals surface area (Å²) in [7, 11) is 0. The SMILES string of the molecule is CC1CC(n2c(N)nc3cc(Cl)c(Cl)cc32)C1. The summed E-state index contributed by atoms with van der Waals surface area (Å²) in [5.74, 6) is 1.31. The molecule has 3 nitrogen and oxygen atoms in total. The van der Waals surface area contributed by atoms with E-state index in [4.69, 9.17) is 28.9 Å². The number of imidazole rings is 1. The maximum Gasteiger partial charge on any atom is 0.201 e. The van der Waals surface area contributed by atoms with E-state index < -0.39 is 0 Å². The number of aromatic nitrogens is 2. The number of rotatable bonds is 1. The average molecular weight is 270 g/mol. The number of nitrogens with two attached hydrogens (primary N) is 1. The molecule has 0 amide bonds. The molecule has 3 rings (SSSR count). The van der Waals surface area contributed by atoms with Crippen LogP contribution in [0.25, 0.3) is 11.0 Å². The molecule has 2 aromatic rings. The third-order valence-electron chi connectivity index (χ3n) is 3.47. The normalized spacial score (nSPS) is 23.9. The standard InChI is InChI=1S/C12H13Cl2N3/c1-6-2-7(3-6)17-11-5-9(14)8(13)4-10(11)16-12(17)15/h4-7H,2-3H2,1H3,(H2,15,16). The highest BCUT2D eigenvalue weighted by Gasteiger charge is 2.29. The monoisotopic (exact) mass is 269 g/mol. The lowest BCUT2D eigenvalue weighted by atomic mass is 9.81. The zero-order valence-corrected chi connectivity index (χ0v) is 11.0. The predicted octanol–water partition coefficient (Wildman–Crippen LogP) is 3.90. The number of hydrogen-bond acceptors (Lipinski definition) is 2. The van der Waals surface area contributed by atoms with E-state index in [2.05, 4.69) is 16.5 Å². The first-order chi connectivity index (χ1) is 8.06. The van der Waals surface area contributed by atoms with Gasteiger partial charge in [-0.05, 0) is 30.9 Å². The highest BCUT2D eigenvalue weighted by molar-refractivity contribution is 6.42. The van der Waals surface area contributed by atoms with E-state index in [0.29, 0.717) is 22.0 Å². The molecule has 1 fully saturated rings. The van der Waals surface area contributed by atoms with Gasteiger partial charge < -0.3 is 10.3 Å². The third kappa shape index (κ3) is 1.69. The van der Waals surface area contributed by atoms with Crippen molar-refractivity contribution in [2.75, 3.05) is 5.73 Å². The number of benzene rings is 1. The van der Waals surface area contributed by atoms with Crippen LogP contribution in [-0.2, 0) is 0 Å². The van der Waals surface area contributed by atoms with Crippen LogP contribution in [0.1, 0.15) is 25.8 Å². The van der Waals surface area contributed by atoms with E-state index in [-0.39, 0.29) is 0 Å². The van der Waals surface area contributed by atoms with Crippen molar-refractivity contribution in [2.45, 2.75) is 25.8 Å². The Hall–Kier alpha value is -0.930. The lowest BCUT2D eigenvalue weighted by Crippen LogP contribution is -2.25. The fraction of sp³-hybridized carbons (Fsp3) is 0.417. The van der Waals surface area contributed by atoms with Crippen LogP contribution in [0.4, 0.5) is 5.95 Å². The Balaban J connectivity index is 2.17. The van der Waals surface area contributed by atoms with E-state index in [1.807, 2.05) is 6.07 Å². The first-order valence-corrected chi connectivity index (χ1v) is 6.44. The van der Waals surface area contributed by atoms with E-state index in [0.717, 1.165) is 29.8 Å². The molecule has 1 aromatic carbocycles. The second kappa shape index (κ2) is 3.79. The van der Waals surface area contributed by atoms with Crippen LogP contribution in [0, 0.1) is 5.92 Å². The molecule has 1 aliphatic carbocycles. The maximum atomic E-state index is 6.05. The quantitative estimate of drug-likeness (QED) is 0.854. The van der Waals surface area contributed by atoms with Crippen molar-refractivity contribution in [2.24, 2.45) is 5.92 Å². The minimum atomic E-state index is 0.451. The van der Waals surface area contributed by atoms with Crippen molar-refractivity contribution in [1.82, 2.24) is 9.55 Å². The summed E-state index contributed by atoms with van der Waals surface area (Å²) in [6.07, 6.45) is 2.30. The van der Waals surface area contributed by atoms with Gasteiger partial charge >= 0.3 is 0 Å². The van der Waals surface area contributed by atoms with Crippen molar-refractivity contribution in [1.29, 1.82) is 0 Å². The molecule has 0 atom stereocenters. The molecule has 17 heavy (non-hydrogen) atoms. The Morgan fingerprint density at radius 3 is 2.59 bits per heavy atom. The van der Waals surface area contributed by atoms with Crippen molar-refractivity contribution >= 4 is 40.2 Å². The van der Waals surface area contributed by atoms with Crippen molar-refractivity contribution in [3.05, 3.63) is 22.2 Å². The Bertz CT molecular complexity index is 585. The molecule has 0 saturated heterocycles. The van der Waals surface area contributed by atoms with Gasteiger partial charge in [0.25, 0.3) is 0 Å². The molecule has 0 spiro atoms. The van der Waals surface area contributed by atoms with Crippen LogP contribution in [-0.4, -0.2) is 9.55 Å². The molecular formula is C12H13Cl2N3. The molecule has 0 bridgehead atoms. The predicted molar refractivity (Wildman–Crippen MR) is 71.6 cm³/mol. The highest BCUT2D eigenvalue weighted by atomic mass is 35.5. The molecule has 5 heteroatoms. The fourth-order valence-electron chi connectivity index (χ4n) is 2.56. The second-order valence-corrected chi connectivity index (χ2v) is 5.64. The number of nitrogen functional groups attached to an aromatic ring is 1. The van der Waals surface area contributed by atoms with Gasteiger partial charge in [-0.15, -0.1) is 0 Å². The average Bonchev–Trinajstić information content (AvgIpc) is 2.51. The van der Waals surface area contributed by atoms with Gasteiger partial charge in [0, 0.05) is 6.04 Å². The van der Waals surface area contributed by atoms with Gasteiger partial charge in [0.2, 0.25) is 5.95 Å². The first-order valence-electron chi connectivity index (χ1n) is 5.68. The molecule has 1 aliphatic rings. The summed E-state index contributed by atoms with van der Waals surface area (Å²) < 4.78 is 2.08. The van der Waals surface area contributed by atoms with Gasteiger partial charge in [-0.2, -0.15) is 0 Å². The van der Waals surface area contributed by atoms with Crippen molar-refractivity contribution in [3.8, 4) is 0 Å². The highest BCUT2D eigenvalue weighted by Crippen LogP contribution is 2.41. The second-order valence-electron chi connectivity index (χ2n) is 4.83. The minimum absolute atomic E-state index is 0.451. The molecule has 2 N–H and O–H groups in total. The van der Waals surface area contributed by atoms with Crippen LogP contribution in [0.5, 0.6) is 0 Å².